The number of carbonyl (C=O) groups excluding carboxylic acids is 2. The van der Waals surface area contributed by atoms with E-state index in [1.54, 1.807) is 18.2 Å². The number of ether oxygens (including phenoxy) is 3. The molecule has 9 heteroatoms. The van der Waals surface area contributed by atoms with Crippen molar-refractivity contribution < 1.29 is 28.7 Å². The van der Waals surface area contributed by atoms with Gasteiger partial charge in [-0.1, -0.05) is 30.3 Å². The van der Waals surface area contributed by atoms with Crippen LogP contribution in [0.25, 0.3) is 6.08 Å². The maximum absolute atomic E-state index is 12.1. The van der Waals surface area contributed by atoms with Crippen molar-refractivity contribution in [1.29, 1.82) is 0 Å². The maximum atomic E-state index is 12.1. The van der Waals surface area contributed by atoms with E-state index in [0.29, 0.717) is 25.4 Å². The van der Waals surface area contributed by atoms with E-state index in [2.05, 4.69) is 5.32 Å². The van der Waals surface area contributed by atoms with E-state index >= 15 is 0 Å². The summed E-state index contributed by atoms with van der Waals surface area (Å²) in [6.45, 7) is 0.176. The van der Waals surface area contributed by atoms with Crippen LogP contribution in [-0.2, 0) is 14.3 Å². The van der Waals surface area contributed by atoms with Crippen LogP contribution in [0.5, 0.6) is 11.5 Å². The van der Waals surface area contributed by atoms with Gasteiger partial charge in [0.2, 0.25) is 0 Å². The molecule has 1 aliphatic rings. The SMILES string of the molecule is O=C(COC(=O)/C=C/c1ccccc1)Nc1cc2c(cc1[N+](=O)[O-])OCCCO2. The van der Waals surface area contributed by atoms with Gasteiger partial charge in [0.25, 0.3) is 11.6 Å². The minimum absolute atomic E-state index is 0.0693. The van der Waals surface area contributed by atoms with Gasteiger partial charge in [0.1, 0.15) is 5.69 Å². The fraction of sp³-hybridized carbons (Fsp3) is 0.200. The summed E-state index contributed by atoms with van der Waals surface area (Å²) >= 11 is 0. The van der Waals surface area contributed by atoms with E-state index in [4.69, 9.17) is 14.2 Å². The van der Waals surface area contributed by atoms with Gasteiger partial charge in [0.15, 0.2) is 18.1 Å². The van der Waals surface area contributed by atoms with Crippen LogP contribution in [0.4, 0.5) is 11.4 Å². The van der Waals surface area contributed by atoms with Crippen LogP contribution < -0.4 is 14.8 Å². The molecule has 3 rings (SSSR count). The van der Waals surface area contributed by atoms with Crippen LogP contribution in [0.15, 0.2) is 48.5 Å². The number of benzene rings is 2. The van der Waals surface area contributed by atoms with Crippen LogP contribution in [0.2, 0.25) is 0 Å². The predicted octanol–water partition coefficient (Wildman–Crippen LogP) is 2.95. The molecule has 1 aliphatic heterocycles. The number of rotatable bonds is 6. The second-order valence-electron chi connectivity index (χ2n) is 6.02. The third-order valence-corrected chi connectivity index (χ3v) is 3.89. The van der Waals surface area contributed by atoms with Crippen molar-refractivity contribution in [3.05, 3.63) is 64.2 Å². The molecule has 0 fully saturated rings. The summed E-state index contributed by atoms with van der Waals surface area (Å²) in [6, 6.07) is 11.6. The van der Waals surface area contributed by atoms with Gasteiger partial charge >= 0.3 is 5.97 Å². The number of carbonyl (C=O) groups is 2. The topological polar surface area (TPSA) is 117 Å². The Morgan fingerprint density at radius 1 is 1.14 bits per heavy atom. The van der Waals surface area contributed by atoms with Crippen molar-refractivity contribution in [3.8, 4) is 11.5 Å². The van der Waals surface area contributed by atoms with Gasteiger partial charge in [-0.2, -0.15) is 0 Å². The summed E-state index contributed by atoms with van der Waals surface area (Å²) in [5.41, 5.74) is 0.384. The zero-order valence-corrected chi connectivity index (χ0v) is 15.3. The number of nitrogens with one attached hydrogen (secondary N) is 1. The molecule has 2 aromatic rings. The molecule has 2 aromatic carbocycles. The summed E-state index contributed by atoms with van der Waals surface area (Å²) in [5, 5.41) is 13.7. The number of nitro benzene ring substituents is 1. The fourth-order valence-electron chi connectivity index (χ4n) is 2.55. The lowest BCUT2D eigenvalue weighted by molar-refractivity contribution is -0.384. The number of hydrogen-bond donors (Lipinski definition) is 1. The molecule has 0 aromatic heterocycles. The molecule has 0 aliphatic carbocycles. The van der Waals surface area contributed by atoms with Gasteiger partial charge in [-0.05, 0) is 11.6 Å². The lowest BCUT2D eigenvalue weighted by Crippen LogP contribution is -2.20. The first-order chi connectivity index (χ1) is 14.0. The molecule has 0 radical (unpaired) electrons. The summed E-state index contributed by atoms with van der Waals surface area (Å²) in [4.78, 5) is 34.5. The predicted molar refractivity (Wildman–Crippen MR) is 104 cm³/mol. The second-order valence-corrected chi connectivity index (χ2v) is 6.02. The molecule has 29 heavy (non-hydrogen) atoms. The third kappa shape index (κ3) is 5.55. The lowest BCUT2D eigenvalue weighted by atomic mass is 10.2. The zero-order valence-electron chi connectivity index (χ0n) is 15.3. The molecule has 0 saturated heterocycles. The Labute approximate surface area is 166 Å². The molecule has 0 spiro atoms. The Hall–Kier alpha value is -3.88. The smallest absolute Gasteiger partial charge is 0.331 e. The number of anilines is 1. The van der Waals surface area contributed by atoms with E-state index in [1.165, 1.54) is 18.2 Å². The van der Waals surface area contributed by atoms with Gasteiger partial charge < -0.3 is 19.5 Å². The minimum atomic E-state index is -0.718. The Bertz CT molecular complexity index is 941. The molecule has 1 heterocycles. The van der Waals surface area contributed by atoms with Gasteiger partial charge in [-0.25, -0.2) is 4.79 Å². The molecule has 0 unspecified atom stereocenters. The highest BCUT2D eigenvalue weighted by Crippen LogP contribution is 2.39. The van der Waals surface area contributed by atoms with Crippen LogP contribution in [0.1, 0.15) is 12.0 Å². The molecular weight excluding hydrogens is 380 g/mol. The van der Waals surface area contributed by atoms with Gasteiger partial charge in [-0.3, -0.25) is 14.9 Å². The summed E-state index contributed by atoms with van der Waals surface area (Å²) < 4.78 is 15.8. The molecule has 150 valence electrons. The highest BCUT2D eigenvalue weighted by Gasteiger charge is 2.23. The molecular formula is C20H18N2O7. The van der Waals surface area contributed by atoms with Crippen molar-refractivity contribution in [1.82, 2.24) is 0 Å². The molecule has 1 N–H and O–H groups in total. The number of nitrogens with zero attached hydrogens (tertiary/aromatic N) is 1. The van der Waals surface area contributed by atoms with Gasteiger partial charge in [-0.15, -0.1) is 0 Å². The van der Waals surface area contributed by atoms with Crippen molar-refractivity contribution in [3.63, 3.8) is 0 Å². The monoisotopic (exact) mass is 398 g/mol. The first kappa shape index (κ1) is 19.9. The normalized spacial score (nSPS) is 12.8. The third-order valence-electron chi connectivity index (χ3n) is 3.89. The first-order valence-electron chi connectivity index (χ1n) is 8.81. The van der Waals surface area contributed by atoms with Crippen LogP contribution in [0.3, 0.4) is 0 Å². The van der Waals surface area contributed by atoms with Gasteiger partial charge in [0, 0.05) is 18.6 Å². The van der Waals surface area contributed by atoms with E-state index < -0.39 is 23.4 Å². The number of esters is 1. The number of nitro groups is 1. The minimum Gasteiger partial charge on any atom is -0.489 e. The molecule has 1 amide bonds. The first-order valence-corrected chi connectivity index (χ1v) is 8.81. The van der Waals surface area contributed by atoms with Crippen molar-refractivity contribution in [2.75, 3.05) is 25.1 Å². The Morgan fingerprint density at radius 2 is 1.83 bits per heavy atom. The van der Waals surface area contributed by atoms with Gasteiger partial charge in [0.05, 0.1) is 24.2 Å². The maximum Gasteiger partial charge on any atom is 0.331 e. The Kier molecular flexibility index (Phi) is 6.41. The lowest BCUT2D eigenvalue weighted by Gasteiger charge is -2.11. The van der Waals surface area contributed by atoms with E-state index in [-0.39, 0.29) is 17.1 Å². The van der Waals surface area contributed by atoms with Crippen LogP contribution in [0, 0.1) is 10.1 Å². The zero-order chi connectivity index (χ0) is 20.6. The standard InChI is InChI=1S/C20H18N2O7/c23-19(13-29-20(24)8-7-14-5-2-1-3-6-14)21-15-11-17-18(12-16(15)22(25)26)28-10-4-9-27-17/h1-3,5-8,11-12H,4,9-10,13H2,(H,21,23)/b8-7+. The summed E-state index contributed by atoms with van der Waals surface area (Å²) in [5.74, 6) is -0.892. The van der Waals surface area contributed by atoms with E-state index in [1.807, 2.05) is 18.2 Å². The number of fused-ring (bicyclic) bond motifs is 1. The average Bonchev–Trinajstić information content (AvgIpc) is 2.95. The summed E-state index contributed by atoms with van der Waals surface area (Å²) in [7, 11) is 0. The molecule has 0 saturated carbocycles. The van der Waals surface area contributed by atoms with Crippen LogP contribution in [-0.4, -0.2) is 36.6 Å². The molecule has 0 atom stereocenters. The fourth-order valence-corrected chi connectivity index (χ4v) is 2.55. The molecule has 0 bridgehead atoms. The largest absolute Gasteiger partial charge is 0.489 e. The van der Waals surface area contributed by atoms with E-state index in [9.17, 15) is 19.7 Å². The average molecular weight is 398 g/mol. The highest BCUT2D eigenvalue weighted by atomic mass is 16.6. The Morgan fingerprint density at radius 3 is 2.52 bits per heavy atom. The summed E-state index contributed by atoms with van der Waals surface area (Å²) in [6.07, 6.45) is 3.38. The Balaban J connectivity index is 1.62. The quantitative estimate of drug-likeness (QED) is 0.344. The van der Waals surface area contributed by atoms with Crippen molar-refractivity contribution in [2.24, 2.45) is 0 Å². The number of hydrogen-bond acceptors (Lipinski definition) is 7. The molecule has 9 nitrogen and oxygen atoms in total. The second kappa shape index (κ2) is 9.36. The van der Waals surface area contributed by atoms with E-state index in [0.717, 1.165) is 5.56 Å². The van der Waals surface area contributed by atoms with Crippen molar-refractivity contribution in [2.45, 2.75) is 6.42 Å². The highest BCUT2D eigenvalue weighted by molar-refractivity contribution is 5.96. The van der Waals surface area contributed by atoms with Crippen LogP contribution >= 0.6 is 0 Å². The van der Waals surface area contributed by atoms with Crippen molar-refractivity contribution >= 4 is 29.3 Å². The number of amides is 1.